The van der Waals surface area contributed by atoms with Gasteiger partial charge in [0.25, 0.3) is 0 Å². The maximum Gasteiger partial charge on any atom is 0.242 e. The normalized spacial score (nSPS) is 20.7. The quantitative estimate of drug-likeness (QED) is 0.942. The molecule has 2 aliphatic rings. The van der Waals surface area contributed by atoms with E-state index in [1.807, 2.05) is 30.3 Å². The molecule has 1 aliphatic heterocycles. The highest BCUT2D eigenvalue weighted by Crippen LogP contribution is 2.28. The zero-order valence-corrected chi connectivity index (χ0v) is 13.3. The zero-order valence-electron chi connectivity index (χ0n) is 13.3. The lowest BCUT2D eigenvalue weighted by Crippen LogP contribution is -2.44. The molecule has 2 aromatic rings. The van der Waals surface area contributed by atoms with Gasteiger partial charge >= 0.3 is 0 Å². The van der Waals surface area contributed by atoms with Crippen LogP contribution < -0.4 is 15.0 Å². The van der Waals surface area contributed by atoms with Crippen LogP contribution in [0, 0.1) is 0 Å². The SMILES string of the molecule is COc1ccc2nc(N3CCC[C@H]3C(=O)NC3CC3)ccc2c1. The van der Waals surface area contributed by atoms with Gasteiger partial charge in [-0.1, -0.05) is 0 Å². The topological polar surface area (TPSA) is 54.5 Å². The van der Waals surface area contributed by atoms with Crippen LogP contribution in [-0.4, -0.2) is 36.6 Å². The molecule has 2 heterocycles. The van der Waals surface area contributed by atoms with Gasteiger partial charge in [-0.2, -0.15) is 0 Å². The number of ether oxygens (including phenoxy) is 1. The van der Waals surface area contributed by atoms with E-state index in [4.69, 9.17) is 9.72 Å². The molecule has 1 aromatic heterocycles. The molecule has 120 valence electrons. The van der Waals surface area contributed by atoms with Gasteiger partial charge < -0.3 is 15.0 Å². The number of hydrogen-bond donors (Lipinski definition) is 1. The molecule has 5 heteroatoms. The molecule has 5 nitrogen and oxygen atoms in total. The molecular weight excluding hydrogens is 290 g/mol. The van der Waals surface area contributed by atoms with E-state index in [2.05, 4.69) is 10.2 Å². The van der Waals surface area contributed by atoms with Crippen molar-refractivity contribution in [2.75, 3.05) is 18.6 Å². The minimum atomic E-state index is -0.0844. The van der Waals surface area contributed by atoms with Crippen LogP contribution in [0.5, 0.6) is 5.75 Å². The summed E-state index contributed by atoms with van der Waals surface area (Å²) in [6.07, 6.45) is 4.18. The molecule has 23 heavy (non-hydrogen) atoms. The Kier molecular flexibility index (Phi) is 3.56. The number of nitrogens with one attached hydrogen (secondary N) is 1. The Balaban J connectivity index is 1.60. The highest BCUT2D eigenvalue weighted by molar-refractivity contribution is 5.87. The van der Waals surface area contributed by atoms with Crippen molar-refractivity contribution in [1.82, 2.24) is 10.3 Å². The molecule has 4 rings (SSSR count). The molecule has 1 amide bonds. The summed E-state index contributed by atoms with van der Waals surface area (Å²) >= 11 is 0. The van der Waals surface area contributed by atoms with Crippen molar-refractivity contribution in [2.24, 2.45) is 0 Å². The average Bonchev–Trinajstić information content (AvgIpc) is 3.25. The fourth-order valence-electron chi connectivity index (χ4n) is 3.22. The molecule has 2 fully saturated rings. The van der Waals surface area contributed by atoms with Gasteiger partial charge in [-0.15, -0.1) is 0 Å². The minimum absolute atomic E-state index is 0.0844. The number of fused-ring (bicyclic) bond motifs is 1. The first-order valence-electron chi connectivity index (χ1n) is 8.26. The van der Waals surface area contributed by atoms with Crippen LogP contribution >= 0.6 is 0 Å². The van der Waals surface area contributed by atoms with Crippen LogP contribution in [0.2, 0.25) is 0 Å². The number of rotatable bonds is 4. The zero-order chi connectivity index (χ0) is 15.8. The molecule has 1 aromatic carbocycles. The standard InChI is InChI=1S/C18H21N3O2/c1-23-14-7-8-15-12(11-14)4-9-17(20-15)21-10-2-3-16(21)18(22)19-13-5-6-13/h4,7-9,11,13,16H,2-3,5-6,10H2,1H3,(H,19,22)/t16-/m0/s1. The van der Waals surface area contributed by atoms with E-state index < -0.39 is 0 Å². The molecule has 1 aliphatic carbocycles. The van der Waals surface area contributed by atoms with Crippen molar-refractivity contribution >= 4 is 22.6 Å². The Morgan fingerprint density at radius 1 is 1.26 bits per heavy atom. The summed E-state index contributed by atoms with van der Waals surface area (Å²) in [7, 11) is 1.66. The number of amides is 1. The third-order valence-electron chi connectivity index (χ3n) is 4.66. The van der Waals surface area contributed by atoms with Crippen LogP contribution in [-0.2, 0) is 4.79 Å². The van der Waals surface area contributed by atoms with Gasteiger partial charge in [-0.05, 0) is 56.0 Å². The number of nitrogens with zero attached hydrogens (tertiary/aromatic N) is 2. The predicted molar refractivity (Wildman–Crippen MR) is 89.8 cm³/mol. The highest BCUT2D eigenvalue weighted by atomic mass is 16.5. The fourth-order valence-corrected chi connectivity index (χ4v) is 3.22. The third-order valence-corrected chi connectivity index (χ3v) is 4.66. The van der Waals surface area contributed by atoms with Crippen LogP contribution in [0.25, 0.3) is 10.9 Å². The first-order valence-corrected chi connectivity index (χ1v) is 8.26. The van der Waals surface area contributed by atoms with E-state index in [1.165, 1.54) is 0 Å². The number of hydrogen-bond acceptors (Lipinski definition) is 4. The van der Waals surface area contributed by atoms with E-state index in [9.17, 15) is 4.79 Å². The number of aromatic nitrogens is 1. The van der Waals surface area contributed by atoms with E-state index in [0.29, 0.717) is 6.04 Å². The number of carbonyl (C=O) groups is 1. The second-order valence-corrected chi connectivity index (χ2v) is 6.36. The summed E-state index contributed by atoms with van der Waals surface area (Å²) in [6, 6.07) is 10.2. The van der Waals surface area contributed by atoms with Gasteiger partial charge in [0, 0.05) is 18.0 Å². The molecule has 1 saturated carbocycles. The van der Waals surface area contributed by atoms with Crippen molar-refractivity contribution in [3.05, 3.63) is 30.3 Å². The smallest absolute Gasteiger partial charge is 0.242 e. The van der Waals surface area contributed by atoms with Crippen LogP contribution in [0.15, 0.2) is 30.3 Å². The molecule has 1 saturated heterocycles. The van der Waals surface area contributed by atoms with Gasteiger partial charge in [0.1, 0.15) is 17.6 Å². The number of anilines is 1. The van der Waals surface area contributed by atoms with Crippen LogP contribution in [0.1, 0.15) is 25.7 Å². The van der Waals surface area contributed by atoms with Crippen molar-refractivity contribution < 1.29 is 9.53 Å². The largest absolute Gasteiger partial charge is 0.497 e. The summed E-state index contributed by atoms with van der Waals surface area (Å²) in [5, 5.41) is 4.17. The summed E-state index contributed by atoms with van der Waals surface area (Å²) < 4.78 is 5.25. The first kappa shape index (κ1) is 14.3. The lowest BCUT2D eigenvalue weighted by atomic mass is 10.2. The van der Waals surface area contributed by atoms with Gasteiger partial charge in [0.2, 0.25) is 5.91 Å². The molecule has 1 N–H and O–H groups in total. The summed E-state index contributed by atoms with van der Waals surface area (Å²) in [5.41, 5.74) is 0.927. The second-order valence-electron chi connectivity index (χ2n) is 6.36. The monoisotopic (exact) mass is 311 g/mol. The lowest BCUT2D eigenvalue weighted by Gasteiger charge is -2.25. The second kappa shape index (κ2) is 5.72. The Labute approximate surface area is 135 Å². The van der Waals surface area contributed by atoms with Crippen LogP contribution in [0.3, 0.4) is 0 Å². The van der Waals surface area contributed by atoms with E-state index in [1.54, 1.807) is 7.11 Å². The third kappa shape index (κ3) is 2.83. The highest BCUT2D eigenvalue weighted by Gasteiger charge is 2.34. The minimum Gasteiger partial charge on any atom is -0.497 e. The molecule has 0 spiro atoms. The van der Waals surface area contributed by atoms with E-state index in [-0.39, 0.29) is 11.9 Å². The average molecular weight is 311 g/mol. The van der Waals surface area contributed by atoms with Gasteiger partial charge in [-0.25, -0.2) is 4.98 Å². The number of pyridine rings is 1. The maximum absolute atomic E-state index is 12.4. The van der Waals surface area contributed by atoms with Crippen molar-refractivity contribution in [1.29, 1.82) is 0 Å². The Morgan fingerprint density at radius 2 is 2.13 bits per heavy atom. The van der Waals surface area contributed by atoms with Crippen molar-refractivity contribution in [3.63, 3.8) is 0 Å². The number of carbonyl (C=O) groups excluding carboxylic acids is 1. The Bertz CT molecular complexity index is 742. The van der Waals surface area contributed by atoms with Crippen LogP contribution in [0.4, 0.5) is 5.82 Å². The maximum atomic E-state index is 12.4. The van der Waals surface area contributed by atoms with Gasteiger partial charge in [0.05, 0.1) is 12.6 Å². The summed E-state index contributed by atoms with van der Waals surface area (Å²) in [5.74, 6) is 1.87. The van der Waals surface area contributed by atoms with Gasteiger partial charge in [-0.3, -0.25) is 4.79 Å². The first-order chi connectivity index (χ1) is 11.2. The Morgan fingerprint density at radius 3 is 2.91 bits per heavy atom. The summed E-state index contributed by atoms with van der Waals surface area (Å²) in [4.78, 5) is 19.3. The number of benzene rings is 1. The van der Waals surface area contributed by atoms with E-state index >= 15 is 0 Å². The lowest BCUT2D eigenvalue weighted by molar-refractivity contribution is -0.122. The molecular formula is C18H21N3O2. The van der Waals surface area contributed by atoms with Gasteiger partial charge in [0.15, 0.2) is 0 Å². The predicted octanol–water partition coefficient (Wildman–Crippen LogP) is 2.49. The van der Waals surface area contributed by atoms with Crippen molar-refractivity contribution in [2.45, 2.75) is 37.8 Å². The molecule has 0 radical (unpaired) electrons. The fraction of sp³-hybridized carbons (Fsp3) is 0.444. The Hall–Kier alpha value is -2.30. The number of methoxy groups -OCH3 is 1. The molecule has 1 atom stereocenters. The molecule has 0 unspecified atom stereocenters. The summed E-state index contributed by atoms with van der Waals surface area (Å²) in [6.45, 7) is 0.886. The van der Waals surface area contributed by atoms with Crippen molar-refractivity contribution in [3.8, 4) is 5.75 Å². The van der Waals surface area contributed by atoms with E-state index in [0.717, 1.165) is 54.7 Å². The molecule has 0 bridgehead atoms.